The van der Waals surface area contributed by atoms with E-state index < -0.39 is 15.8 Å². The molecule has 1 aliphatic heterocycles. The van der Waals surface area contributed by atoms with Crippen molar-refractivity contribution in [1.29, 1.82) is 0 Å². The summed E-state index contributed by atoms with van der Waals surface area (Å²) in [5, 5.41) is 0. The number of sulfonamides is 1. The Morgan fingerprint density at radius 2 is 1.72 bits per heavy atom. The van der Waals surface area contributed by atoms with Gasteiger partial charge < -0.3 is 4.90 Å². The Kier molecular flexibility index (Phi) is 6.70. The minimum Gasteiger partial charge on any atom is -0.341 e. The molecule has 0 saturated carbocycles. The molecule has 0 spiro atoms. The quantitative estimate of drug-likeness (QED) is 0.723. The number of benzene rings is 2. The number of amides is 1. The van der Waals surface area contributed by atoms with Crippen LogP contribution in [0.15, 0.2) is 48.5 Å². The molecule has 0 aromatic heterocycles. The summed E-state index contributed by atoms with van der Waals surface area (Å²) >= 11 is 0. The van der Waals surface area contributed by atoms with E-state index in [2.05, 4.69) is 0 Å². The molecule has 1 aliphatic rings. The summed E-state index contributed by atoms with van der Waals surface area (Å²) < 4.78 is 40.5. The molecule has 0 bridgehead atoms. The van der Waals surface area contributed by atoms with Crippen molar-refractivity contribution in [3.05, 3.63) is 71.0 Å². The van der Waals surface area contributed by atoms with Crippen molar-refractivity contribution in [2.24, 2.45) is 5.92 Å². The van der Waals surface area contributed by atoms with Gasteiger partial charge in [-0.2, -0.15) is 0 Å². The van der Waals surface area contributed by atoms with Gasteiger partial charge in [0, 0.05) is 38.2 Å². The van der Waals surface area contributed by atoms with E-state index in [0.717, 1.165) is 5.56 Å². The Bertz CT molecular complexity index is 952. The number of piperidine rings is 1. The molecule has 7 heteroatoms. The summed E-state index contributed by atoms with van der Waals surface area (Å²) in [5.41, 5.74) is 2.41. The number of hydrogen-bond donors (Lipinski definition) is 0. The van der Waals surface area contributed by atoms with Crippen LogP contribution in [0, 0.1) is 18.7 Å². The van der Waals surface area contributed by atoms with E-state index in [0.29, 0.717) is 19.4 Å². The highest BCUT2D eigenvalue weighted by atomic mass is 32.2. The zero-order valence-corrected chi connectivity index (χ0v) is 17.7. The highest BCUT2D eigenvalue weighted by molar-refractivity contribution is 7.88. The molecular weight excluding hydrogens is 391 g/mol. The maximum absolute atomic E-state index is 13.8. The lowest BCUT2D eigenvalue weighted by Gasteiger charge is -2.32. The van der Waals surface area contributed by atoms with Crippen LogP contribution in [0.3, 0.4) is 0 Å². The van der Waals surface area contributed by atoms with Crippen LogP contribution in [0.4, 0.5) is 4.39 Å². The monoisotopic (exact) mass is 418 g/mol. The highest BCUT2D eigenvalue weighted by Gasteiger charge is 2.32. The molecule has 0 aliphatic carbocycles. The van der Waals surface area contributed by atoms with E-state index in [9.17, 15) is 17.6 Å². The predicted octanol–water partition coefficient (Wildman–Crippen LogP) is 3.33. The average molecular weight is 419 g/mol. The number of carbonyl (C=O) groups excluding carboxylic acids is 1. The van der Waals surface area contributed by atoms with Crippen molar-refractivity contribution >= 4 is 15.9 Å². The smallest absolute Gasteiger partial charge is 0.225 e. The lowest BCUT2D eigenvalue weighted by atomic mass is 9.96. The van der Waals surface area contributed by atoms with Crippen LogP contribution in [-0.2, 0) is 27.1 Å². The molecule has 29 heavy (non-hydrogen) atoms. The summed E-state index contributed by atoms with van der Waals surface area (Å²) in [6, 6.07) is 14.0. The third kappa shape index (κ3) is 5.42. The summed E-state index contributed by atoms with van der Waals surface area (Å²) in [7, 11) is -1.83. The van der Waals surface area contributed by atoms with E-state index in [1.807, 2.05) is 31.2 Å². The lowest BCUT2D eigenvalue weighted by molar-refractivity contribution is -0.135. The molecule has 156 valence electrons. The van der Waals surface area contributed by atoms with Crippen LogP contribution in [0.1, 0.15) is 29.5 Å². The summed E-state index contributed by atoms with van der Waals surface area (Å²) in [5.74, 6) is -1.02. The number of aryl methyl sites for hydroxylation is 1. The van der Waals surface area contributed by atoms with Crippen molar-refractivity contribution in [2.45, 2.75) is 32.1 Å². The zero-order chi connectivity index (χ0) is 21.0. The lowest BCUT2D eigenvalue weighted by Crippen LogP contribution is -2.43. The van der Waals surface area contributed by atoms with E-state index in [1.165, 1.54) is 28.1 Å². The molecule has 2 aromatic rings. The van der Waals surface area contributed by atoms with Gasteiger partial charge in [-0.05, 0) is 31.4 Å². The first-order valence-corrected chi connectivity index (χ1v) is 11.4. The van der Waals surface area contributed by atoms with Crippen molar-refractivity contribution in [1.82, 2.24) is 9.21 Å². The van der Waals surface area contributed by atoms with Crippen LogP contribution < -0.4 is 0 Å². The van der Waals surface area contributed by atoms with Crippen LogP contribution in [0.5, 0.6) is 0 Å². The molecule has 5 nitrogen and oxygen atoms in total. The fourth-order valence-electron chi connectivity index (χ4n) is 3.64. The average Bonchev–Trinajstić information content (AvgIpc) is 2.71. The van der Waals surface area contributed by atoms with Crippen LogP contribution >= 0.6 is 0 Å². The SMILES string of the molecule is Cc1ccc(CN(C)C(=O)C2CCN(S(=O)(=O)Cc3ccccc3F)CC2)cc1. The molecular formula is C22H27FN2O3S. The summed E-state index contributed by atoms with van der Waals surface area (Å²) in [6.07, 6.45) is 0.959. The van der Waals surface area contributed by atoms with Crippen molar-refractivity contribution in [2.75, 3.05) is 20.1 Å². The second kappa shape index (κ2) is 9.05. The van der Waals surface area contributed by atoms with Crippen LogP contribution in [-0.4, -0.2) is 43.7 Å². The van der Waals surface area contributed by atoms with E-state index in [-0.39, 0.29) is 36.2 Å². The Labute approximate surface area is 172 Å². The number of halogens is 1. The predicted molar refractivity (Wildman–Crippen MR) is 111 cm³/mol. The zero-order valence-electron chi connectivity index (χ0n) is 16.8. The van der Waals surface area contributed by atoms with Gasteiger partial charge >= 0.3 is 0 Å². The van der Waals surface area contributed by atoms with Gasteiger partial charge in [0.2, 0.25) is 15.9 Å². The minimum atomic E-state index is -3.61. The maximum Gasteiger partial charge on any atom is 0.225 e. The van der Waals surface area contributed by atoms with Gasteiger partial charge in [-0.25, -0.2) is 17.1 Å². The van der Waals surface area contributed by atoms with E-state index >= 15 is 0 Å². The second-order valence-corrected chi connectivity index (χ2v) is 9.67. The highest BCUT2D eigenvalue weighted by Crippen LogP contribution is 2.24. The molecule has 0 radical (unpaired) electrons. The Hall–Kier alpha value is -2.25. The number of hydrogen-bond acceptors (Lipinski definition) is 3. The van der Waals surface area contributed by atoms with E-state index in [1.54, 1.807) is 18.0 Å². The number of rotatable bonds is 6. The first kappa shape index (κ1) is 21.5. The molecule has 2 aromatic carbocycles. The molecule has 3 rings (SSSR count). The molecule has 0 atom stereocenters. The van der Waals surface area contributed by atoms with Gasteiger partial charge in [0.25, 0.3) is 0 Å². The third-order valence-electron chi connectivity index (χ3n) is 5.41. The molecule has 1 amide bonds. The van der Waals surface area contributed by atoms with Crippen molar-refractivity contribution < 1.29 is 17.6 Å². The van der Waals surface area contributed by atoms with Gasteiger partial charge in [-0.15, -0.1) is 0 Å². The molecule has 0 N–H and O–H groups in total. The van der Waals surface area contributed by atoms with Gasteiger partial charge in [-0.3, -0.25) is 4.79 Å². The summed E-state index contributed by atoms with van der Waals surface area (Å²) in [6.45, 7) is 3.12. The molecule has 1 heterocycles. The van der Waals surface area contributed by atoms with Crippen LogP contribution in [0.2, 0.25) is 0 Å². The van der Waals surface area contributed by atoms with Crippen LogP contribution in [0.25, 0.3) is 0 Å². The normalized spacial score (nSPS) is 16.0. The maximum atomic E-state index is 13.8. The van der Waals surface area contributed by atoms with Crippen molar-refractivity contribution in [3.63, 3.8) is 0 Å². The first-order valence-electron chi connectivity index (χ1n) is 9.78. The number of nitrogens with zero attached hydrogens (tertiary/aromatic N) is 2. The first-order chi connectivity index (χ1) is 13.8. The molecule has 1 saturated heterocycles. The van der Waals surface area contributed by atoms with Gasteiger partial charge in [-0.1, -0.05) is 48.0 Å². The largest absolute Gasteiger partial charge is 0.341 e. The van der Waals surface area contributed by atoms with Crippen molar-refractivity contribution in [3.8, 4) is 0 Å². The Morgan fingerprint density at radius 1 is 1.10 bits per heavy atom. The summed E-state index contributed by atoms with van der Waals surface area (Å²) in [4.78, 5) is 14.5. The fraction of sp³-hybridized carbons (Fsp3) is 0.409. The van der Waals surface area contributed by atoms with Gasteiger partial charge in [0.15, 0.2) is 0 Å². The van der Waals surface area contributed by atoms with E-state index in [4.69, 9.17) is 0 Å². The third-order valence-corrected chi connectivity index (χ3v) is 7.24. The second-order valence-electron chi connectivity index (χ2n) is 7.70. The van der Waals surface area contributed by atoms with Gasteiger partial charge in [0.05, 0.1) is 5.75 Å². The number of carbonyl (C=O) groups is 1. The van der Waals surface area contributed by atoms with Gasteiger partial charge in [0.1, 0.15) is 5.82 Å². The molecule has 0 unspecified atom stereocenters. The topological polar surface area (TPSA) is 57.7 Å². The Morgan fingerprint density at radius 3 is 2.34 bits per heavy atom. The standard InChI is InChI=1S/C22H27FN2O3S/c1-17-7-9-18(10-8-17)15-24(2)22(26)19-11-13-25(14-12-19)29(27,28)16-20-5-3-4-6-21(20)23/h3-10,19H,11-16H2,1-2H3. The Balaban J connectivity index is 1.55. The fourth-order valence-corrected chi connectivity index (χ4v) is 5.22. The minimum absolute atomic E-state index is 0.0386. The molecule has 1 fully saturated rings.